The number of aryl methyl sites for hydroxylation is 1. The molecule has 0 spiro atoms. The summed E-state index contributed by atoms with van der Waals surface area (Å²) in [5.74, 6) is -1.05. The molecule has 0 atom stereocenters. The molecule has 0 radical (unpaired) electrons. The number of furan rings is 1. The van der Waals surface area contributed by atoms with Gasteiger partial charge in [-0.15, -0.1) is 0 Å². The van der Waals surface area contributed by atoms with E-state index in [1.165, 1.54) is 11.0 Å². The van der Waals surface area contributed by atoms with Crippen molar-refractivity contribution in [1.29, 1.82) is 0 Å². The van der Waals surface area contributed by atoms with Crippen molar-refractivity contribution in [1.82, 2.24) is 9.47 Å². The van der Waals surface area contributed by atoms with Crippen LogP contribution in [-0.4, -0.2) is 31.7 Å². The van der Waals surface area contributed by atoms with Gasteiger partial charge in [0.15, 0.2) is 0 Å². The van der Waals surface area contributed by atoms with Crippen molar-refractivity contribution in [2.45, 2.75) is 20.0 Å². The third-order valence-electron chi connectivity index (χ3n) is 5.64. The van der Waals surface area contributed by atoms with Gasteiger partial charge in [-0.05, 0) is 48.5 Å². The normalized spacial score (nSPS) is 15.1. The van der Waals surface area contributed by atoms with Crippen molar-refractivity contribution in [3.8, 4) is 0 Å². The molecule has 3 heterocycles. The number of aromatic nitrogens is 1. The summed E-state index contributed by atoms with van der Waals surface area (Å²) < 4.78 is 7.34. The fourth-order valence-corrected chi connectivity index (χ4v) is 4.75. The Labute approximate surface area is 199 Å². The third kappa shape index (κ3) is 4.15. The average molecular weight is 473 g/mol. The number of carboxylic acid groups (broad SMARTS) is 1. The quantitative estimate of drug-likeness (QED) is 0.371. The third-order valence-corrected chi connectivity index (χ3v) is 6.55. The van der Waals surface area contributed by atoms with Crippen LogP contribution in [0.1, 0.15) is 33.0 Å². The number of carboxylic acids is 1. The van der Waals surface area contributed by atoms with E-state index in [2.05, 4.69) is 0 Å². The largest absolute Gasteiger partial charge is 0.475 e. The predicted molar refractivity (Wildman–Crippen MR) is 129 cm³/mol. The molecule has 0 unspecified atom stereocenters. The maximum Gasteiger partial charge on any atom is 0.371 e. The van der Waals surface area contributed by atoms with Gasteiger partial charge in [0.2, 0.25) is 5.76 Å². The lowest BCUT2D eigenvalue weighted by atomic mass is 10.1. The van der Waals surface area contributed by atoms with Gasteiger partial charge < -0.3 is 14.1 Å². The van der Waals surface area contributed by atoms with Crippen LogP contribution in [-0.2, 0) is 17.9 Å². The number of imide groups is 1. The minimum atomic E-state index is -1.12. The number of carbonyl (C=O) groups is 3. The highest BCUT2D eigenvalue weighted by Gasteiger charge is 2.35. The summed E-state index contributed by atoms with van der Waals surface area (Å²) in [6.07, 6.45) is 3.62. The highest BCUT2D eigenvalue weighted by Crippen LogP contribution is 2.35. The first-order valence-corrected chi connectivity index (χ1v) is 11.4. The van der Waals surface area contributed by atoms with E-state index in [4.69, 9.17) is 9.52 Å². The number of fused-ring (bicyclic) bond motifs is 1. The molecule has 7 nitrogen and oxygen atoms in total. The Morgan fingerprint density at radius 2 is 1.79 bits per heavy atom. The van der Waals surface area contributed by atoms with Crippen LogP contribution in [0.5, 0.6) is 0 Å². The Kier molecular flexibility index (Phi) is 5.59. The van der Waals surface area contributed by atoms with Crippen molar-refractivity contribution in [3.63, 3.8) is 0 Å². The second-order valence-corrected chi connectivity index (χ2v) is 9.05. The lowest BCUT2D eigenvalue weighted by Gasteiger charge is -2.12. The van der Waals surface area contributed by atoms with Gasteiger partial charge in [0.05, 0.1) is 18.0 Å². The van der Waals surface area contributed by atoms with Crippen LogP contribution >= 0.6 is 11.8 Å². The van der Waals surface area contributed by atoms with Crippen LogP contribution in [0.3, 0.4) is 0 Å². The number of nitrogens with zero attached hydrogens (tertiary/aromatic N) is 2. The molecule has 0 bridgehead atoms. The zero-order valence-electron chi connectivity index (χ0n) is 18.2. The number of aromatic carboxylic acids is 1. The predicted octanol–water partition coefficient (Wildman–Crippen LogP) is 5.53. The Morgan fingerprint density at radius 3 is 2.53 bits per heavy atom. The molecule has 5 rings (SSSR count). The first-order chi connectivity index (χ1) is 16.4. The topological polar surface area (TPSA) is 92.8 Å². The Bertz CT molecular complexity index is 1460. The van der Waals surface area contributed by atoms with Gasteiger partial charge in [-0.1, -0.05) is 48.0 Å². The SMILES string of the molecule is Cc1ccc(CN2C(=O)S/C(=C\c3cn(Cc4ccc(C(=O)O)o4)c4ccccc34)C2=O)cc1. The maximum absolute atomic E-state index is 13.0. The van der Waals surface area contributed by atoms with Crippen molar-refractivity contribution in [2.75, 3.05) is 0 Å². The van der Waals surface area contributed by atoms with Crippen LogP contribution in [0.15, 0.2) is 76.2 Å². The lowest BCUT2D eigenvalue weighted by Crippen LogP contribution is -2.27. The Hall–Kier alpha value is -4.04. The minimum Gasteiger partial charge on any atom is -0.475 e. The molecule has 1 aliphatic heterocycles. The number of hydrogen-bond donors (Lipinski definition) is 1. The zero-order chi connectivity index (χ0) is 23.8. The summed E-state index contributed by atoms with van der Waals surface area (Å²) in [7, 11) is 0. The first-order valence-electron chi connectivity index (χ1n) is 10.6. The van der Waals surface area contributed by atoms with E-state index in [9.17, 15) is 14.4 Å². The highest BCUT2D eigenvalue weighted by molar-refractivity contribution is 8.18. The summed E-state index contributed by atoms with van der Waals surface area (Å²) in [6.45, 7) is 2.55. The molecule has 0 saturated carbocycles. The lowest BCUT2D eigenvalue weighted by molar-refractivity contribution is -0.123. The molecule has 2 aromatic heterocycles. The monoisotopic (exact) mass is 472 g/mol. The van der Waals surface area contributed by atoms with Crippen molar-refractivity contribution < 1.29 is 23.9 Å². The molecule has 1 fully saturated rings. The van der Waals surface area contributed by atoms with Crippen LogP contribution in [0.2, 0.25) is 0 Å². The smallest absolute Gasteiger partial charge is 0.371 e. The van der Waals surface area contributed by atoms with Crippen molar-refractivity contribution >= 4 is 45.9 Å². The molecule has 1 N–H and O–H groups in total. The fraction of sp³-hybridized carbons (Fsp3) is 0.115. The van der Waals surface area contributed by atoms with E-state index in [1.54, 1.807) is 12.1 Å². The molecule has 4 aromatic rings. The zero-order valence-corrected chi connectivity index (χ0v) is 19.0. The number of hydrogen-bond acceptors (Lipinski definition) is 5. The van der Waals surface area contributed by atoms with Crippen molar-refractivity contribution in [3.05, 3.63) is 100.0 Å². The van der Waals surface area contributed by atoms with E-state index >= 15 is 0 Å². The number of benzene rings is 2. The number of carbonyl (C=O) groups excluding carboxylic acids is 2. The molecule has 2 amide bonds. The van der Waals surface area contributed by atoms with Gasteiger partial charge in [0.25, 0.3) is 11.1 Å². The Balaban J connectivity index is 1.44. The second-order valence-electron chi connectivity index (χ2n) is 8.05. The summed E-state index contributed by atoms with van der Waals surface area (Å²) in [6, 6.07) is 18.5. The standard InChI is InChI=1S/C26H20N2O5S/c1-16-6-8-17(9-7-16)13-28-24(29)23(34-26(28)32)12-18-14-27(21-5-3-2-4-20(18)21)15-19-10-11-22(33-19)25(30)31/h2-12,14H,13,15H2,1H3,(H,30,31)/b23-12-. The van der Waals surface area contributed by atoms with E-state index < -0.39 is 5.97 Å². The van der Waals surface area contributed by atoms with E-state index in [1.807, 2.05) is 66.2 Å². The molecule has 170 valence electrons. The van der Waals surface area contributed by atoms with Crippen LogP contribution < -0.4 is 0 Å². The molecular formula is C26H20N2O5S. The number of para-hydroxylation sites is 1. The fourth-order valence-electron chi connectivity index (χ4n) is 3.92. The molecule has 1 saturated heterocycles. The molecule has 1 aliphatic rings. The number of thioether (sulfide) groups is 1. The number of rotatable bonds is 6. The van der Waals surface area contributed by atoms with E-state index in [-0.39, 0.29) is 23.5 Å². The summed E-state index contributed by atoms with van der Waals surface area (Å²) in [5.41, 5.74) is 3.70. The van der Waals surface area contributed by atoms with Gasteiger partial charge in [-0.2, -0.15) is 0 Å². The maximum atomic E-state index is 13.0. The first kappa shape index (κ1) is 21.8. The molecular weight excluding hydrogens is 452 g/mol. The Morgan fingerprint density at radius 1 is 1.03 bits per heavy atom. The van der Waals surface area contributed by atoms with Gasteiger partial charge in [-0.25, -0.2) is 4.79 Å². The summed E-state index contributed by atoms with van der Waals surface area (Å²) in [5, 5.41) is 9.72. The van der Waals surface area contributed by atoms with Gasteiger partial charge >= 0.3 is 5.97 Å². The molecule has 8 heteroatoms. The average Bonchev–Trinajstić information content (AvgIpc) is 3.50. The molecule has 2 aromatic carbocycles. The highest BCUT2D eigenvalue weighted by atomic mass is 32.2. The van der Waals surface area contributed by atoms with E-state index in [0.717, 1.165) is 39.4 Å². The molecule has 34 heavy (non-hydrogen) atoms. The van der Waals surface area contributed by atoms with Crippen LogP contribution in [0.4, 0.5) is 4.79 Å². The summed E-state index contributed by atoms with van der Waals surface area (Å²) >= 11 is 0.933. The summed E-state index contributed by atoms with van der Waals surface area (Å²) in [4.78, 5) is 38.4. The molecule has 0 aliphatic carbocycles. The van der Waals surface area contributed by atoms with Gasteiger partial charge in [0, 0.05) is 22.7 Å². The van der Waals surface area contributed by atoms with Gasteiger partial charge in [-0.3, -0.25) is 14.5 Å². The van der Waals surface area contributed by atoms with Crippen LogP contribution in [0.25, 0.3) is 17.0 Å². The van der Waals surface area contributed by atoms with Gasteiger partial charge in [0.1, 0.15) is 5.76 Å². The van der Waals surface area contributed by atoms with Crippen molar-refractivity contribution in [2.24, 2.45) is 0 Å². The number of amides is 2. The second kappa shape index (κ2) is 8.72. The minimum absolute atomic E-state index is 0.117. The van der Waals surface area contributed by atoms with E-state index in [0.29, 0.717) is 17.2 Å². The van der Waals surface area contributed by atoms with Crippen LogP contribution in [0, 0.1) is 6.92 Å².